The Morgan fingerprint density at radius 1 is 1.05 bits per heavy atom. The van der Waals surface area contributed by atoms with Gasteiger partial charge in [-0.3, -0.25) is 4.79 Å². The van der Waals surface area contributed by atoms with Crippen LogP contribution in [-0.4, -0.2) is 25.0 Å². The lowest BCUT2D eigenvalue weighted by Gasteiger charge is -2.30. The van der Waals surface area contributed by atoms with Crippen molar-refractivity contribution in [3.63, 3.8) is 0 Å². The number of benzene rings is 1. The topological polar surface area (TPSA) is 41.1 Å². The summed E-state index contributed by atoms with van der Waals surface area (Å²) in [7, 11) is 0. The van der Waals surface area contributed by atoms with Crippen molar-refractivity contribution in [2.24, 2.45) is 5.92 Å². The Bertz CT molecular complexity index is 451. The lowest BCUT2D eigenvalue weighted by Crippen LogP contribution is -2.47. The second kappa shape index (κ2) is 8.54. The molecule has 1 saturated heterocycles. The van der Waals surface area contributed by atoms with E-state index in [0.29, 0.717) is 12.0 Å². The number of carbonyl (C=O) groups excluding carboxylic acids is 1. The number of nitrogens with one attached hydrogen (secondary N) is 2. The van der Waals surface area contributed by atoms with Crippen LogP contribution in [0.5, 0.6) is 0 Å². The van der Waals surface area contributed by atoms with Gasteiger partial charge in [-0.2, -0.15) is 0 Å². The van der Waals surface area contributed by atoms with Gasteiger partial charge in [0.25, 0.3) is 0 Å². The molecule has 0 spiro atoms. The van der Waals surface area contributed by atoms with Crippen LogP contribution in [0, 0.1) is 5.92 Å². The van der Waals surface area contributed by atoms with E-state index in [4.69, 9.17) is 0 Å². The van der Waals surface area contributed by atoms with Gasteiger partial charge in [-0.25, -0.2) is 0 Å². The Balaban J connectivity index is 0.00000176. The molecule has 122 valence electrons. The molecule has 0 aromatic heterocycles. The second-order valence-corrected chi connectivity index (χ2v) is 6.51. The molecule has 1 atom stereocenters. The quantitative estimate of drug-likeness (QED) is 0.897. The molecule has 2 fully saturated rings. The molecule has 3 rings (SSSR count). The number of hydrogen-bond acceptors (Lipinski definition) is 2. The molecular weight excluding hydrogens is 296 g/mol. The summed E-state index contributed by atoms with van der Waals surface area (Å²) in [5.74, 6) is 1.16. The van der Waals surface area contributed by atoms with Crippen LogP contribution in [0.3, 0.4) is 0 Å². The van der Waals surface area contributed by atoms with E-state index in [-0.39, 0.29) is 24.2 Å². The van der Waals surface area contributed by atoms with Gasteiger partial charge >= 0.3 is 0 Å². The Hall–Kier alpha value is -1.06. The molecule has 1 aromatic rings. The van der Waals surface area contributed by atoms with E-state index < -0.39 is 0 Å². The zero-order valence-electron chi connectivity index (χ0n) is 13.1. The third-order valence-electron chi connectivity index (χ3n) is 5.01. The molecule has 0 bridgehead atoms. The molecular formula is C18H27ClN2O. The maximum absolute atomic E-state index is 12.4. The normalized spacial score (nSPS) is 28.5. The van der Waals surface area contributed by atoms with Gasteiger partial charge < -0.3 is 10.6 Å². The van der Waals surface area contributed by atoms with Gasteiger partial charge in [-0.15, -0.1) is 12.4 Å². The molecule has 1 aliphatic heterocycles. The van der Waals surface area contributed by atoms with E-state index in [1.165, 1.54) is 12.0 Å². The third kappa shape index (κ3) is 4.47. The Kier molecular flexibility index (Phi) is 6.71. The summed E-state index contributed by atoms with van der Waals surface area (Å²) in [4.78, 5) is 12.4. The Morgan fingerprint density at radius 3 is 2.41 bits per heavy atom. The fraction of sp³-hybridized carbons (Fsp3) is 0.611. The lowest BCUT2D eigenvalue weighted by atomic mass is 9.78. The monoisotopic (exact) mass is 322 g/mol. The van der Waals surface area contributed by atoms with Gasteiger partial charge in [0, 0.05) is 18.5 Å². The van der Waals surface area contributed by atoms with Crippen LogP contribution in [0.4, 0.5) is 0 Å². The maximum Gasteiger partial charge on any atom is 0.223 e. The minimum Gasteiger partial charge on any atom is -0.352 e. The predicted molar refractivity (Wildman–Crippen MR) is 92.4 cm³/mol. The van der Waals surface area contributed by atoms with Crippen LogP contribution < -0.4 is 10.6 Å². The Morgan fingerprint density at radius 2 is 1.77 bits per heavy atom. The summed E-state index contributed by atoms with van der Waals surface area (Å²) < 4.78 is 0. The first-order chi connectivity index (χ1) is 10.3. The fourth-order valence-electron chi connectivity index (χ4n) is 3.71. The van der Waals surface area contributed by atoms with Gasteiger partial charge in [0.05, 0.1) is 0 Å². The number of amides is 1. The standard InChI is InChI=1S/C18H26N2O.ClH/c21-18(20-17-7-4-12-19-13-17)16-10-8-15(9-11-16)14-5-2-1-3-6-14;/h1-3,5-6,15-17,19H,4,7-13H2,(H,20,21);1H/t15?,16?,17-;/m0./s1. The van der Waals surface area contributed by atoms with Gasteiger partial charge in [-0.05, 0) is 56.6 Å². The predicted octanol–water partition coefficient (Wildman–Crippen LogP) is 3.25. The van der Waals surface area contributed by atoms with E-state index in [0.717, 1.165) is 45.2 Å². The summed E-state index contributed by atoms with van der Waals surface area (Å²) in [6, 6.07) is 11.1. The van der Waals surface area contributed by atoms with Crippen LogP contribution in [0.25, 0.3) is 0 Å². The summed E-state index contributed by atoms with van der Waals surface area (Å²) in [5.41, 5.74) is 1.44. The molecule has 22 heavy (non-hydrogen) atoms. The molecule has 1 amide bonds. The average Bonchev–Trinajstić information content (AvgIpc) is 2.57. The van der Waals surface area contributed by atoms with E-state index in [1.54, 1.807) is 0 Å². The highest BCUT2D eigenvalue weighted by Gasteiger charge is 2.28. The highest BCUT2D eigenvalue weighted by Crippen LogP contribution is 2.35. The second-order valence-electron chi connectivity index (χ2n) is 6.51. The molecule has 4 heteroatoms. The van der Waals surface area contributed by atoms with E-state index in [1.807, 2.05) is 0 Å². The van der Waals surface area contributed by atoms with E-state index in [2.05, 4.69) is 41.0 Å². The van der Waals surface area contributed by atoms with E-state index >= 15 is 0 Å². The number of rotatable bonds is 3. The van der Waals surface area contributed by atoms with Crippen LogP contribution in [0.15, 0.2) is 30.3 Å². The fourth-order valence-corrected chi connectivity index (χ4v) is 3.71. The van der Waals surface area contributed by atoms with Gasteiger partial charge in [0.1, 0.15) is 0 Å². The average molecular weight is 323 g/mol. The molecule has 3 nitrogen and oxygen atoms in total. The molecule has 1 heterocycles. The smallest absolute Gasteiger partial charge is 0.223 e. The van der Waals surface area contributed by atoms with Crippen LogP contribution in [0.2, 0.25) is 0 Å². The number of halogens is 1. The van der Waals surface area contributed by atoms with Crippen LogP contribution in [-0.2, 0) is 4.79 Å². The third-order valence-corrected chi connectivity index (χ3v) is 5.01. The van der Waals surface area contributed by atoms with Gasteiger partial charge in [0.2, 0.25) is 5.91 Å². The first kappa shape index (κ1) is 17.3. The largest absolute Gasteiger partial charge is 0.352 e. The van der Waals surface area contributed by atoms with E-state index in [9.17, 15) is 4.79 Å². The van der Waals surface area contributed by atoms with Gasteiger partial charge in [-0.1, -0.05) is 30.3 Å². The number of carbonyl (C=O) groups is 1. The summed E-state index contributed by atoms with van der Waals surface area (Å²) >= 11 is 0. The molecule has 0 radical (unpaired) electrons. The minimum atomic E-state index is 0. The van der Waals surface area contributed by atoms with Gasteiger partial charge in [0.15, 0.2) is 0 Å². The molecule has 2 aliphatic rings. The zero-order valence-corrected chi connectivity index (χ0v) is 13.9. The summed E-state index contributed by atoms with van der Waals surface area (Å²) in [5, 5.41) is 6.60. The van der Waals surface area contributed by atoms with Crippen molar-refractivity contribution in [3.05, 3.63) is 35.9 Å². The first-order valence-electron chi connectivity index (χ1n) is 8.39. The highest BCUT2D eigenvalue weighted by molar-refractivity contribution is 5.85. The van der Waals surface area contributed by atoms with Crippen molar-refractivity contribution in [3.8, 4) is 0 Å². The number of hydrogen-bond donors (Lipinski definition) is 2. The highest BCUT2D eigenvalue weighted by atomic mass is 35.5. The van der Waals surface area contributed by atoms with Crippen molar-refractivity contribution >= 4 is 18.3 Å². The SMILES string of the molecule is Cl.O=C(N[C@H]1CCCNC1)C1CCC(c2ccccc2)CC1. The summed E-state index contributed by atoms with van der Waals surface area (Å²) in [6.07, 6.45) is 6.65. The van der Waals surface area contributed by atoms with Crippen molar-refractivity contribution in [2.45, 2.75) is 50.5 Å². The van der Waals surface area contributed by atoms with Crippen LogP contribution >= 0.6 is 12.4 Å². The molecule has 1 aromatic carbocycles. The first-order valence-corrected chi connectivity index (χ1v) is 8.39. The minimum absolute atomic E-state index is 0. The zero-order chi connectivity index (χ0) is 14.5. The molecule has 2 N–H and O–H groups in total. The maximum atomic E-state index is 12.4. The van der Waals surface area contributed by atoms with Crippen LogP contribution in [0.1, 0.15) is 50.0 Å². The molecule has 1 aliphatic carbocycles. The van der Waals surface area contributed by atoms with Crippen molar-refractivity contribution < 1.29 is 4.79 Å². The number of piperidine rings is 1. The van der Waals surface area contributed by atoms with Crippen molar-refractivity contribution in [1.29, 1.82) is 0 Å². The molecule has 0 unspecified atom stereocenters. The van der Waals surface area contributed by atoms with Crippen molar-refractivity contribution in [2.75, 3.05) is 13.1 Å². The summed E-state index contributed by atoms with van der Waals surface area (Å²) in [6.45, 7) is 2.03. The Labute approximate surface area is 139 Å². The lowest BCUT2D eigenvalue weighted by molar-refractivity contribution is -0.126. The van der Waals surface area contributed by atoms with Crippen molar-refractivity contribution in [1.82, 2.24) is 10.6 Å². The molecule has 1 saturated carbocycles.